The maximum atomic E-state index is 12.5. The Morgan fingerprint density at radius 1 is 1.27 bits per heavy atom. The summed E-state index contributed by atoms with van der Waals surface area (Å²) in [6.07, 6.45) is 1.42. The molecule has 0 saturated carbocycles. The maximum absolute atomic E-state index is 12.5. The molecule has 5 N–H and O–H groups in total. The molecule has 6 heteroatoms. The molecule has 22 heavy (non-hydrogen) atoms. The molecule has 0 aliphatic carbocycles. The fourth-order valence-electron chi connectivity index (χ4n) is 2.46. The summed E-state index contributed by atoms with van der Waals surface area (Å²) in [6.45, 7) is 3.90. The van der Waals surface area contributed by atoms with E-state index in [2.05, 4.69) is 0 Å². The highest BCUT2D eigenvalue weighted by Gasteiger charge is 2.33. The summed E-state index contributed by atoms with van der Waals surface area (Å²) in [5, 5.41) is 0. The molecule has 124 valence electrons. The Kier molecular flexibility index (Phi) is 7.27. The highest BCUT2D eigenvalue weighted by Crippen LogP contribution is 2.48. The van der Waals surface area contributed by atoms with Crippen molar-refractivity contribution in [2.45, 2.75) is 38.9 Å². The summed E-state index contributed by atoms with van der Waals surface area (Å²) in [5.74, 6) is -1.73. The molecule has 0 fully saturated rings. The molecule has 0 aromatic heterocycles. The van der Waals surface area contributed by atoms with E-state index in [4.69, 9.17) is 11.5 Å². The summed E-state index contributed by atoms with van der Waals surface area (Å²) in [5.41, 5.74) is 12.3. The van der Waals surface area contributed by atoms with Crippen molar-refractivity contribution in [2.75, 3.05) is 6.16 Å². The van der Waals surface area contributed by atoms with Crippen molar-refractivity contribution in [3.8, 4) is 0 Å². The van der Waals surface area contributed by atoms with Crippen molar-refractivity contribution in [1.29, 1.82) is 0 Å². The van der Waals surface area contributed by atoms with E-state index in [-0.39, 0.29) is 12.1 Å². The zero-order valence-electron chi connectivity index (χ0n) is 13.3. The minimum absolute atomic E-state index is 0.129. The summed E-state index contributed by atoms with van der Waals surface area (Å²) in [4.78, 5) is 21.7. The van der Waals surface area contributed by atoms with Gasteiger partial charge >= 0.3 is 0 Å². The van der Waals surface area contributed by atoms with Gasteiger partial charge in [-0.05, 0) is 30.7 Å². The fraction of sp³-hybridized carbons (Fsp3) is 0.562. The van der Waals surface area contributed by atoms with Crippen molar-refractivity contribution >= 4 is 13.3 Å². The van der Waals surface area contributed by atoms with E-state index in [1.807, 2.05) is 44.2 Å². The van der Waals surface area contributed by atoms with Crippen LogP contribution in [0.1, 0.15) is 32.3 Å². The normalized spacial score (nSPS) is 17.0. The monoisotopic (exact) mass is 326 g/mol. The van der Waals surface area contributed by atoms with Gasteiger partial charge in [0, 0.05) is 12.1 Å². The smallest absolute Gasteiger partial charge is 0.221 e. The predicted octanol–water partition coefficient (Wildman–Crippen LogP) is 2.32. The van der Waals surface area contributed by atoms with Crippen molar-refractivity contribution < 1.29 is 14.3 Å². The average Bonchev–Trinajstić information content (AvgIpc) is 2.44. The number of benzene rings is 1. The van der Waals surface area contributed by atoms with Gasteiger partial charge in [-0.15, -0.1) is 0 Å². The summed E-state index contributed by atoms with van der Waals surface area (Å²) < 4.78 is 12.5. The molecule has 1 amide bonds. The van der Waals surface area contributed by atoms with Gasteiger partial charge in [0.05, 0.1) is 5.78 Å². The molecule has 5 nitrogen and oxygen atoms in total. The number of hydrogen-bond acceptors (Lipinski definition) is 3. The maximum Gasteiger partial charge on any atom is 0.221 e. The first-order chi connectivity index (χ1) is 10.2. The van der Waals surface area contributed by atoms with Crippen LogP contribution in [0.4, 0.5) is 0 Å². The van der Waals surface area contributed by atoms with Crippen LogP contribution in [-0.2, 0) is 15.8 Å². The molecule has 0 aliphatic heterocycles. The molecule has 1 aromatic rings. The van der Waals surface area contributed by atoms with Crippen LogP contribution in [0.25, 0.3) is 0 Å². The van der Waals surface area contributed by atoms with Gasteiger partial charge in [-0.1, -0.05) is 44.2 Å². The number of primary amides is 1. The van der Waals surface area contributed by atoms with E-state index >= 15 is 0 Å². The third-order valence-electron chi connectivity index (χ3n) is 3.73. The largest absolute Gasteiger partial charge is 0.369 e. The van der Waals surface area contributed by atoms with Gasteiger partial charge in [0.1, 0.15) is 0 Å². The van der Waals surface area contributed by atoms with Crippen molar-refractivity contribution in [3.05, 3.63) is 35.9 Å². The SMILES string of the molecule is CC(C)C[C@H](CP(=O)(O)[C@@H](N)CCc1ccccc1)C(N)=O. The van der Waals surface area contributed by atoms with Gasteiger partial charge in [-0.3, -0.25) is 9.36 Å². The van der Waals surface area contributed by atoms with Gasteiger partial charge in [0.15, 0.2) is 0 Å². The van der Waals surface area contributed by atoms with Crippen LogP contribution in [0.3, 0.4) is 0 Å². The minimum atomic E-state index is -3.61. The Hall–Kier alpha value is -1.16. The molecule has 1 aromatic carbocycles. The molecule has 0 bridgehead atoms. The molecular weight excluding hydrogens is 299 g/mol. The number of amides is 1. The molecule has 0 aliphatic rings. The molecule has 0 radical (unpaired) electrons. The zero-order valence-corrected chi connectivity index (χ0v) is 14.2. The Morgan fingerprint density at radius 2 is 1.86 bits per heavy atom. The Morgan fingerprint density at radius 3 is 2.36 bits per heavy atom. The molecule has 0 heterocycles. The second-order valence-corrected chi connectivity index (χ2v) is 8.80. The third-order valence-corrected chi connectivity index (χ3v) is 5.99. The van der Waals surface area contributed by atoms with Crippen LogP contribution in [0, 0.1) is 11.8 Å². The molecule has 1 unspecified atom stereocenters. The predicted molar refractivity (Wildman–Crippen MR) is 89.6 cm³/mol. The molecule has 1 rings (SSSR count). The van der Waals surface area contributed by atoms with Crippen molar-refractivity contribution in [2.24, 2.45) is 23.3 Å². The standard InChI is InChI=1S/C16H27N2O3P/c1-12(2)10-14(16(18)19)11-22(20,21)15(17)9-8-13-6-4-3-5-7-13/h3-7,12,14-15H,8-11,17H2,1-2H3,(H2,18,19)(H,20,21)/t14-,15-/m1/s1. The molecule has 3 atom stereocenters. The quantitative estimate of drug-likeness (QED) is 0.605. The number of carbonyl (C=O) groups excluding carboxylic acids is 1. The number of nitrogens with two attached hydrogens (primary N) is 2. The van der Waals surface area contributed by atoms with Crippen molar-refractivity contribution in [3.63, 3.8) is 0 Å². The van der Waals surface area contributed by atoms with Crippen molar-refractivity contribution in [1.82, 2.24) is 0 Å². The Balaban J connectivity index is 2.63. The van der Waals surface area contributed by atoms with Crippen LogP contribution in [0.5, 0.6) is 0 Å². The topological polar surface area (TPSA) is 106 Å². The first-order valence-electron chi connectivity index (χ1n) is 7.62. The van der Waals surface area contributed by atoms with Crippen LogP contribution in [-0.4, -0.2) is 22.7 Å². The first-order valence-corrected chi connectivity index (χ1v) is 9.54. The van der Waals surface area contributed by atoms with Gasteiger partial charge < -0.3 is 16.4 Å². The summed E-state index contributed by atoms with van der Waals surface area (Å²) in [7, 11) is -3.61. The number of aryl methyl sites for hydroxylation is 1. The number of hydrogen-bond donors (Lipinski definition) is 3. The lowest BCUT2D eigenvalue weighted by molar-refractivity contribution is -0.121. The van der Waals surface area contributed by atoms with Crippen LogP contribution >= 0.6 is 7.37 Å². The fourth-order valence-corrected chi connectivity index (χ4v) is 4.23. The van der Waals surface area contributed by atoms with E-state index in [0.717, 1.165) is 5.56 Å². The second kappa shape index (κ2) is 8.47. The highest BCUT2D eigenvalue weighted by atomic mass is 31.2. The summed E-state index contributed by atoms with van der Waals surface area (Å²) in [6, 6.07) is 9.68. The minimum Gasteiger partial charge on any atom is -0.369 e. The van der Waals surface area contributed by atoms with E-state index < -0.39 is 25.0 Å². The average molecular weight is 326 g/mol. The summed E-state index contributed by atoms with van der Waals surface area (Å²) >= 11 is 0. The van der Waals surface area contributed by atoms with E-state index in [1.54, 1.807) is 0 Å². The lowest BCUT2D eigenvalue weighted by Crippen LogP contribution is -2.31. The first kappa shape index (κ1) is 18.9. The highest BCUT2D eigenvalue weighted by molar-refractivity contribution is 7.58. The molecule has 0 saturated heterocycles. The lowest BCUT2D eigenvalue weighted by Gasteiger charge is -2.24. The second-order valence-electron chi connectivity index (χ2n) is 6.26. The number of rotatable bonds is 9. The van der Waals surface area contributed by atoms with Gasteiger partial charge in [-0.25, -0.2) is 0 Å². The van der Waals surface area contributed by atoms with Gasteiger partial charge in [0.25, 0.3) is 0 Å². The van der Waals surface area contributed by atoms with Gasteiger partial charge in [0.2, 0.25) is 13.3 Å². The molecule has 0 spiro atoms. The lowest BCUT2D eigenvalue weighted by atomic mass is 9.98. The Bertz CT molecular complexity index is 519. The van der Waals surface area contributed by atoms with Crippen LogP contribution < -0.4 is 11.5 Å². The molecular formula is C16H27N2O3P. The third kappa shape index (κ3) is 6.30. The Labute approximate surface area is 132 Å². The number of carbonyl (C=O) groups is 1. The van der Waals surface area contributed by atoms with E-state index in [9.17, 15) is 14.3 Å². The van der Waals surface area contributed by atoms with E-state index in [1.165, 1.54) is 0 Å². The van der Waals surface area contributed by atoms with Crippen LogP contribution in [0.15, 0.2) is 30.3 Å². The van der Waals surface area contributed by atoms with Crippen LogP contribution in [0.2, 0.25) is 0 Å². The van der Waals surface area contributed by atoms with Gasteiger partial charge in [-0.2, -0.15) is 0 Å². The zero-order chi connectivity index (χ0) is 16.8. The van der Waals surface area contributed by atoms with E-state index in [0.29, 0.717) is 19.3 Å².